The van der Waals surface area contributed by atoms with Crippen LogP contribution in [0.15, 0.2) is 47.6 Å². The second-order valence-electron chi connectivity index (χ2n) is 4.24. The average molecular weight is 294 g/mol. The van der Waals surface area contributed by atoms with Gasteiger partial charge < -0.3 is 9.94 Å². The fraction of sp³-hybridized carbons (Fsp3) is 0.133. The van der Waals surface area contributed by atoms with Crippen LogP contribution in [0.3, 0.4) is 0 Å². The predicted molar refractivity (Wildman–Crippen MR) is 76.2 cm³/mol. The quantitative estimate of drug-likeness (QED) is 0.520. The zero-order chi connectivity index (χ0) is 14.5. The zero-order valence-electron chi connectivity index (χ0n) is 10.8. The van der Waals surface area contributed by atoms with Gasteiger partial charge in [0.15, 0.2) is 0 Å². The highest BCUT2D eigenvalue weighted by atomic mass is 35.5. The highest BCUT2D eigenvalue weighted by molar-refractivity contribution is 6.31. The van der Waals surface area contributed by atoms with Gasteiger partial charge in [-0.3, -0.25) is 0 Å². The van der Waals surface area contributed by atoms with E-state index in [2.05, 4.69) is 5.16 Å². The first kappa shape index (κ1) is 14.3. The van der Waals surface area contributed by atoms with Crippen LogP contribution in [0, 0.1) is 5.82 Å². The lowest BCUT2D eigenvalue weighted by Gasteiger charge is -2.09. The van der Waals surface area contributed by atoms with E-state index in [0.717, 1.165) is 5.56 Å². The topological polar surface area (TPSA) is 41.8 Å². The van der Waals surface area contributed by atoms with Gasteiger partial charge >= 0.3 is 0 Å². The lowest BCUT2D eigenvalue weighted by Crippen LogP contribution is -1.99. The van der Waals surface area contributed by atoms with Gasteiger partial charge in [0.1, 0.15) is 18.2 Å². The van der Waals surface area contributed by atoms with Gasteiger partial charge in [0.05, 0.1) is 5.71 Å². The molecule has 0 radical (unpaired) electrons. The number of hydrogen-bond acceptors (Lipinski definition) is 3. The number of rotatable bonds is 4. The molecule has 0 atom stereocenters. The highest BCUT2D eigenvalue weighted by Crippen LogP contribution is 2.20. The summed E-state index contributed by atoms with van der Waals surface area (Å²) in [6.45, 7) is 1.85. The Bertz CT molecular complexity index is 644. The van der Waals surface area contributed by atoms with Crippen molar-refractivity contribution in [2.24, 2.45) is 5.16 Å². The van der Waals surface area contributed by atoms with Gasteiger partial charge in [-0.1, -0.05) is 28.9 Å². The van der Waals surface area contributed by atoms with Crippen molar-refractivity contribution in [1.82, 2.24) is 0 Å². The Morgan fingerprint density at radius 1 is 1.30 bits per heavy atom. The Kier molecular flexibility index (Phi) is 4.58. The molecule has 0 fully saturated rings. The fourth-order valence-corrected chi connectivity index (χ4v) is 1.86. The number of oxime groups is 1. The van der Waals surface area contributed by atoms with E-state index in [-0.39, 0.29) is 12.4 Å². The van der Waals surface area contributed by atoms with Crippen molar-refractivity contribution in [1.29, 1.82) is 0 Å². The molecule has 5 heteroatoms. The molecule has 0 spiro atoms. The summed E-state index contributed by atoms with van der Waals surface area (Å²) in [4.78, 5) is 0. The van der Waals surface area contributed by atoms with Crippen LogP contribution in [-0.2, 0) is 6.61 Å². The minimum Gasteiger partial charge on any atom is -0.489 e. The molecule has 0 aliphatic carbocycles. The summed E-state index contributed by atoms with van der Waals surface area (Å²) in [5.41, 5.74) is 1.80. The maximum Gasteiger partial charge on any atom is 0.123 e. The van der Waals surface area contributed by atoms with Crippen LogP contribution in [0.5, 0.6) is 5.75 Å². The van der Waals surface area contributed by atoms with Crippen LogP contribution in [0.4, 0.5) is 4.39 Å². The molecule has 0 aliphatic heterocycles. The average Bonchev–Trinajstić information content (AvgIpc) is 2.47. The third-order valence-corrected chi connectivity index (χ3v) is 3.17. The lowest BCUT2D eigenvalue weighted by molar-refractivity contribution is 0.305. The van der Waals surface area contributed by atoms with E-state index >= 15 is 0 Å². The van der Waals surface area contributed by atoms with Gasteiger partial charge in [0.25, 0.3) is 0 Å². The van der Waals surface area contributed by atoms with Gasteiger partial charge in [-0.2, -0.15) is 0 Å². The molecule has 3 nitrogen and oxygen atoms in total. The second kappa shape index (κ2) is 6.39. The fourth-order valence-electron chi connectivity index (χ4n) is 1.68. The molecule has 104 valence electrons. The molecule has 20 heavy (non-hydrogen) atoms. The van der Waals surface area contributed by atoms with Crippen LogP contribution in [0.1, 0.15) is 18.1 Å². The summed E-state index contributed by atoms with van der Waals surface area (Å²) < 4.78 is 18.7. The number of halogens is 2. The molecule has 2 aromatic carbocycles. The first-order chi connectivity index (χ1) is 9.60. The van der Waals surface area contributed by atoms with E-state index in [1.165, 1.54) is 18.2 Å². The largest absolute Gasteiger partial charge is 0.489 e. The van der Waals surface area contributed by atoms with E-state index in [4.69, 9.17) is 21.5 Å². The van der Waals surface area contributed by atoms with Gasteiger partial charge in [-0.15, -0.1) is 0 Å². The molecular weight excluding hydrogens is 281 g/mol. The first-order valence-corrected chi connectivity index (χ1v) is 6.34. The van der Waals surface area contributed by atoms with Crippen LogP contribution in [0.25, 0.3) is 0 Å². The number of hydrogen-bond donors (Lipinski definition) is 1. The maximum absolute atomic E-state index is 13.1. The molecule has 1 N–H and O–H groups in total. The molecule has 0 saturated carbocycles. The van der Waals surface area contributed by atoms with Gasteiger partial charge in [-0.05, 0) is 37.3 Å². The van der Waals surface area contributed by atoms with E-state index in [1.54, 1.807) is 31.2 Å². The van der Waals surface area contributed by atoms with Crippen LogP contribution < -0.4 is 4.74 Å². The molecule has 0 amide bonds. The Morgan fingerprint density at radius 2 is 2.10 bits per heavy atom. The number of ether oxygens (including phenoxy) is 1. The van der Waals surface area contributed by atoms with Crippen molar-refractivity contribution >= 4 is 17.3 Å². The predicted octanol–water partition coefficient (Wildman–Crippen LogP) is 4.26. The first-order valence-electron chi connectivity index (χ1n) is 5.96. The molecule has 0 aliphatic rings. The van der Waals surface area contributed by atoms with Gasteiger partial charge in [-0.25, -0.2) is 4.39 Å². The van der Waals surface area contributed by atoms with E-state index in [9.17, 15) is 4.39 Å². The monoisotopic (exact) mass is 293 g/mol. The third-order valence-electron chi connectivity index (χ3n) is 2.80. The van der Waals surface area contributed by atoms with E-state index in [0.29, 0.717) is 22.0 Å². The van der Waals surface area contributed by atoms with Crippen molar-refractivity contribution in [2.75, 3.05) is 0 Å². The summed E-state index contributed by atoms with van der Waals surface area (Å²) in [7, 11) is 0. The second-order valence-corrected chi connectivity index (χ2v) is 4.64. The van der Waals surface area contributed by atoms with Crippen LogP contribution >= 0.6 is 11.6 Å². The van der Waals surface area contributed by atoms with Crippen molar-refractivity contribution in [3.63, 3.8) is 0 Å². The summed E-state index contributed by atoms with van der Waals surface area (Å²) >= 11 is 5.97. The number of benzene rings is 2. The molecule has 0 saturated heterocycles. The summed E-state index contributed by atoms with van der Waals surface area (Å²) in [5.74, 6) is 0.232. The Morgan fingerprint density at radius 3 is 2.85 bits per heavy atom. The molecule has 0 unspecified atom stereocenters. The van der Waals surface area contributed by atoms with E-state index in [1.807, 2.05) is 0 Å². The van der Waals surface area contributed by atoms with Gasteiger partial charge in [0.2, 0.25) is 0 Å². The molecular formula is C15H13ClFNO2. The SMILES string of the molecule is C/C(=N/O)c1cccc(OCc2cc(F)ccc2Cl)c1. The zero-order valence-corrected chi connectivity index (χ0v) is 11.6. The number of nitrogens with zero attached hydrogens (tertiary/aromatic N) is 1. The minimum absolute atomic E-state index is 0.162. The Labute approximate surface area is 121 Å². The smallest absolute Gasteiger partial charge is 0.123 e. The van der Waals surface area contributed by atoms with Gasteiger partial charge in [0, 0.05) is 16.1 Å². The molecule has 2 aromatic rings. The van der Waals surface area contributed by atoms with Crippen LogP contribution in [0.2, 0.25) is 5.02 Å². The summed E-state index contributed by atoms with van der Waals surface area (Å²) in [6, 6.07) is 11.2. The Balaban J connectivity index is 2.13. The third kappa shape index (κ3) is 3.48. The lowest BCUT2D eigenvalue weighted by atomic mass is 10.1. The summed E-state index contributed by atoms with van der Waals surface area (Å²) in [5, 5.41) is 12.3. The van der Waals surface area contributed by atoms with Crippen molar-refractivity contribution < 1.29 is 14.3 Å². The molecule has 0 heterocycles. The van der Waals surface area contributed by atoms with Crippen molar-refractivity contribution in [3.05, 3.63) is 64.4 Å². The standard InChI is InChI=1S/C15H13ClFNO2/c1-10(18-19)11-3-2-4-14(8-11)20-9-12-7-13(17)5-6-15(12)16/h2-8,19H,9H2,1H3/b18-10-. The molecule has 0 aromatic heterocycles. The normalized spacial score (nSPS) is 11.4. The highest BCUT2D eigenvalue weighted by Gasteiger charge is 2.05. The molecule has 2 rings (SSSR count). The maximum atomic E-state index is 13.1. The van der Waals surface area contributed by atoms with E-state index < -0.39 is 0 Å². The minimum atomic E-state index is -0.356. The summed E-state index contributed by atoms with van der Waals surface area (Å²) in [6.07, 6.45) is 0. The Hall–Kier alpha value is -2.07. The van der Waals surface area contributed by atoms with Crippen LogP contribution in [-0.4, -0.2) is 10.9 Å². The van der Waals surface area contributed by atoms with Crippen molar-refractivity contribution in [2.45, 2.75) is 13.5 Å². The van der Waals surface area contributed by atoms with Crippen molar-refractivity contribution in [3.8, 4) is 5.75 Å². The molecule has 0 bridgehead atoms.